The second-order valence-corrected chi connectivity index (χ2v) is 3.66. The van der Waals surface area contributed by atoms with E-state index in [1.54, 1.807) is 36.5 Å². The molecule has 0 spiro atoms. The van der Waals surface area contributed by atoms with Gasteiger partial charge in [-0.15, -0.1) is 0 Å². The molecule has 0 saturated heterocycles. The summed E-state index contributed by atoms with van der Waals surface area (Å²) in [5.74, 6) is 0.993. The maximum atomic E-state index is 11.7. The minimum atomic E-state index is -0.107. The second-order valence-electron chi connectivity index (χ2n) is 3.66. The quantitative estimate of drug-likeness (QED) is 0.896. The number of carbonyl (C=O) groups excluding carboxylic acids is 1. The minimum absolute atomic E-state index is 0.107. The van der Waals surface area contributed by atoms with Crippen LogP contribution < -0.4 is 10.1 Å². The van der Waals surface area contributed by atoms with Crippen LogP contribution in [0.3, 0.4) is 0 Å². The van der Waals surface area contributed by atoms with Crippen LogP contribution in [0.15, 0.2) is 48.7 Å². The van der Waals surface area contributed by atoms with Gasteiger partial charge in [0.15, 0.2) is 0 Å². The number of ether oxygens (including phenoxy) is 1. The Morgan fingerprint density at radius 1 is 1.28 bits per heavy atom. The van der Waals surface area contributed by atoms with Gasteiger partial charge in [0.25, 0.3) is 5.91 Å². The molecule has 2 rings (SSSR count). The molecule has 4 nitrogen and oxygen atoms in total. The monoisotopic (exact) mass is 242 g/mol. The Hall–Kier alpha value is -2.36. The van der Waals surface area contributed by atoms with Crippen LogP contribution >= 0.6 is 0 Å². The molecule has 2 aromatic rings. The van der Waals surface area contributed by atoms with E-state index < -0.39 is 0 Å². The largest absolute Gasteiger partial charge is 0.439 e. The normalized spacial score (nSPS) is 9.83. The zero-order chi connectivity index (χ0) is 12.8. The molecule has 92 valence electrons. The Kier molecular flexibility index (Phi) is 3.91. The summed E-state index contributed by atoms with van der Waals surface area (Å²) >= 11 is 0. The first-order chi connectivity index (χ1) is 8.79. The Morgan fingerprint density at radius 2 is 2.17 bits per heavy atom. The van der Waals surface area contributed by atoms with Crippen molar-refractivity contribution >= 4 is 5.91 Å². The number of nitrogens with zero attached hydrogens (tertiary/aromatic N) is 1. The summed E-state index contributed by atoms with van der Waals surface area (Å²) in [7, 11) is 0. The van der Waals surface area contributed by atoms with Crippen LogP contribution in [-0.4, -0.2) is 17.4 Å². The maximum Gasteiger partial charge on any atom is 0.251 e. The van der Waals surface area contributed by atoms with Crippen molar-refractivity contribution < 1.29 is 9.53 Å². The highest BCUT2D eigenvalue weighted by Crippen LogP contribution is 2.19. The van der Waals surface area contributed by atoms with Gasteiger partial charge in [-0.3, -0.25) is 4.79 Å². The number of amides is 1. The van der Waals surface area contributed by atoms with Crippen molar-refractivity contribution in [3.63, 3.8) is 0 Å². The zero-order valence-corrected chi connectivity index (χ0v) is 10.1. The number of rotatable bonds is 4. The van der Waals surface area contributed by atoms with Crippen LogP contribution in [0.2, 0.25) is 0 Å². The molecule has 18 heavy (non-hydrogen) atoms. The molecule has 0 atom stereocenters. The lowest BCUT2D eigenvalue weighted by Gasteiger charge is -2.06. The van der Waals surface area contributed by atoms with Crippen molar-refractivity contribution in [1.29, 1.82) is 0 Å². The predicted molar refractivity (Wildman–Crippen MR) is 68.8 cm³/mol. The molecule has 1 aromatic carbocycles. The maximum absolute atomic E-state index is 11.7. The molecule has 0 aliphatic carbocycles. The fraction of sp³-hybridized carbons (Fsp3) is 0.143. The van der Waals surface area contributed by atoms with Crippen molar-refractivity contribution in [2.24, 2.45) is 0 Å². The minimum Gasteiger partial charge on any atom is -0.439 e. The molecule has 0 saturated carbocycles. The van der Waals surface area contributed by atoms with E-state index in [-0.39, 0.29) is 5.91 Å². The smallest absolute Gasteiger partial charge is 0.251 e. The standard InChI is InChI=1S/C14H14N2O2/c1-2-15-14(17)11-6-5-7-12(10-11)18-13-8-3-4-9-16-13/h3-10H,2H2,1H3,(H,15,17). The van der Waals surface area contributed by atoms with Crippen LogP contribution in [-0.2, 0) is 0 Å². The first-order valence-corrected chi connectivity index (χ1v) is 5.76. The molecule has 0 fully saturated rings. The molecule has 1 amide bonds. The van der Waals surface area contributed by atoms with E-state index in [4.69, 9.17) is 4.74 Å². The summed E-state index contributed by atoms with van der Waals surface area (Å²) in [6, 6.07) is 12.4. The highest BCUT2D eigenvalue weighted by molar-refractivity contribution is 5.94. The van der Waals surface area contributed by atoms with Gasteiger partial charge in [0.2, 0.25) is 5.88 Å². The third-order valence-electron chi connectivity index (χ3n) is 2.29. The van der Waals surface area contributed by atoms with Gasteiger partial charge in [0.1, 0.15) is 5.75 Å². The summed E-state index contributed by atoms with van der Waals surface area (Å²) < 4.78 is 5.56. The summed E-state index contributed by atoms with van der Waals surface area (Å²) in [6.45, 7) is 2.48. The molecular formula is C14H14N2O2. The highest BCUT2D eigenvalue weighted by atomic mass is 16.5. The molecular weight excluding hydrogens is 228 g/mol. The first kappa shape index (κ1) is 12.1. The van der Waals surface area contributed by atoms with Gasteiger partial charge >= 0.3 is 0 Å². The van der Waals surface area contributed by atoms with Gasteiger partial charge in [-0.25, -0.2) is 4.98 Å². The number of aromatic nitrogens is 1. The van der Waals surface area contributed by atoms with Crippen molar-refractivity contribution in [2.75, 3.05) is 6.54 Å². The van der Waals surface area contributed by atoms with E-state index in [0.717, 1.165) is 0 Å². The van der Waals surface area contributed by atoms with Crippen LogP contribution in [0.1, 0.15) is 17.3 Å². The van der Waals surface area contributed by atoms with Gasteiger partial charge in [0.05, 0.1) is 0 Å². The summed E-state index contributed by atoms with van der Waals surface area (Å²) in [6.07, 6.45) is 1.66. The number of carbonyl (C=O) groups is 1. The van der Waals surface area contributed by atoms with Gasteiger partial charge in [0, 0.05) is 24.4 Å². The zero-order valence-electron chi connectivity index (χ0n) is 10.1. The average molecular weight is 242 g/mol. The molecule has 0 unspecified atom stereocenters. The van der Waals surface area contributed by atoms with E-state index in [1.165, 1.54) is 0 Å². The van der Waals surface area contributed by atoms with Crippen molar-refractivity contribution in [3.05, 3.63) is 54.2 Å². The second kappa shape index (κ2) is 5.82. The Labute approximate surface area is 106 Å². The third-order valence-corrected chi connectivity index (χ3v) is 2.29. The lowest BCUT2D eigenvalue weighted by Crippen LogP contribution is -2.22. The third kappa shape index (κ3) is 3.07. The van der Waals surface area contributed by atoms with E-state index in [1.807, 2.05) is 19.1 Å². The molecule has 1 aromatic heterocycles. The van der Waals surface area contributed by atoms with Gasteiger partial charge in [-0.1, -0.05) is 12.1 Å². The summed E-state index contributed by atoms with van der Waals surface area (Å²) in [5, 5.41) is 2.74. The van der Waals surface area contributed by atoms with Crippen LogP contribution in [0.5, 0.6) is 11.6 Å². The number of hydrogen-bond acceptors (Lipinski definition) is 3. The Balaban J connectivity index is 2.15. The van der Waals surface area contributed by atoms with Crippen LogP contribution in [0.25, 0.3) is 0 Å². The van der Waals surface area contributed by atoms with Crippen molar-refractivity contribution in [2.45, 2.75) is 6.92 Å². The summed E-state index contributed by atoms with van der Waals surface area (Å²) in [4.78, 5) is 15.7. The number of benzene rings is 1. The van der Waals surface area contributed by atoms with Crippen LogP contribution in [0, 0.1) is 0 Å². The fourth-order valence-corrected chi connectivity index (χ4v) is 1.49. The number of hydrogen-bond donors (Lipinski definition) is 1. The molecule has 0 aliphatic rings. The first-order valence-electron chi connectivity index (χ1n) is 5.76. The SMILES string of the molecule is CCNC(=O)c1cccc(Oc2ccccn2)c1. The molecule has 1 heterocycles. The summed E-state index contributed by atoms with van der Waals surface area (Å²) in [5.41, 5.74) is 0.574. The number of nitrogens with one attached hydrogen (secondary N) is 1. The van der Waals surface area contributed by atoms with Gasteiger partial charge < -0.3 is 10.1 Å². The predicted octanol–water partition coefficient (Wildman–Crippen LogP) is 2.62. The van der Waals surface area contributed by atoms with Crippen molar-refractivity contribution in [1.82, 2.24) is 10.3 Å². The van der Waals surface area contributed by atoms with E-state index in [9.17, 15) is 4.79 Å². The van der Waals surface area contributed by atoms with E-state index in [0.29, 0.717) is 23.7 Å². The van der Waals surface area contributed by atoms with Gasteiger partial charge in [-0.05, 0) is 31.2 Å². The fourth-order valence-electron chi connectivity index (χ4n) is 1.49. The van der Waals surface area contributed by atoms with E-state index in [2.05, 4.69) is 10.3 Å². The molecule has 0 bridgehead atoms. The number of pyridine rings is 1. The highest BCUT2D eigenvalue weighted by Gasteiger charge is 2.05. The Bertz CT molecular complexity index is 526. The average Bonchev–Trinajstić information content (AvgIpc) is 2.40. The molecule has 1 N–H and O–H groups in total. The van der Waals surface area contributed by atoms with Crippen molar-refractivity contribution in [3.8, 4) is 11.6 Å². The Morgan fingerprint density at radius 3 is 2.89 bits per heavy atom. The van der Waals surface area contributed by atoms with Gasteiger partial charge in [-0.2, -0.15) is 0 Å². The molecule has 0 radical (unpaired) electrons. The lowest BCUT2D eigenvalue weighted by atomic mass is 10.2. The lowest BCUT2D eigenvalue weighted by molar-refractivity contribution is 0.0955. The topological polar surface area (TPSA) is 51.2 Å². The molecule has 0 aliphatic heterocycles. The van der Waals surface area contributed by atoms with Crippen LogP contribution in [0.4, 0.5) is 0 Å². The molecule has 4 heteroatoms. The van der Waals surface area contributed by atoms with E-state index >= 15 is 0 Å².